The molecule has 0 unspecified atom stereocenters. The van der Waals surface area contributed by atoms with Crippen LogP contribution >= 0.6 is 0 Å². The number of aliphatic hydroxyl groups is 1. The van der Waals surface area contributed by atoms with Crippen molar-refractivity contribution < 1.29 is 9.84 Å². The third-order valence-corrected chi connectivity index (χ3v) is 3.52. The zero-order valence-electron chi connectivity index (χ0n) is 12.5. The Labute approximate surface area is 126 Å². The molecule has 0 amide bonds. The van der Waals surface area contributed by atoms with Crippen LogP contribution in [0.4, 0.5) is 0 Å². The van der Waals surface area contributed by atoms with Gasteiger partial charge in [0.05, 0.1) is 6.61 Å². The van der Waals surface area contributed by atoms with Crippen LogP contribution in [-0.4, -0.2) is 17.3 Å². The molecule has 21 heavy (non-hydrogen) atoms. The minimum atomic E-state index is -0.511. The summed E-state index contributed by atoms with van der Waals surface area (Å²) < 4.78 is 5.75. The van der Waals surface area contributed by atoms with Gasteiger partial charge in [-0.3, -0.25) is 0 Å². The highest BCUT2D eigenvalue weighted by atomic mass is 16.5. The van der Waals surface area contributed by atoms with E-state index in [0.717, 1.165) is 24.2 Å². The van der Waals surface area contributed by atoms with Gasteiger partial charge in [0.2, 0.25) is 0 Å². The van der Waals surface area contributed by atoms with Gasteiger partial charge in [0, 0.05) is 5.54 Å². The summed E-state index contributed by atoms with van der Waals surface area (Å²) in [5, 5.41) is 9.15. The second-order valence-corrected chi connectivity index (χ2v) is 5.73. The molecule has 0 saturated carbocycles. The van der Waals surface area contributed by atoms with E-state index in [1.54, 1.807) is 0 Å². The fraction of sp³-hybridized carbons (Fsp3) is 0.333. The van der Waals surface area contributed by atoms with Crippen LogP contribution in [0.2, 0.25) is 0 Å². The predicted octanol–water partition coefficient (Wildman–Crippen LogP) is 2.91. The van der Waals surface area contributed by atoms with Crippen LogP contribution in [0.5, 0.6) is 5.75 Å². The largest absolute Gasteiger partial charge is 0.489 e. The summed E-state index contributed by atoms with van der Waals surface area (Å²) in [7, 11) is 0. The molecule has 3 nitrogen and oxygen atoms in total. The maximum atomic E-state index is 9.15. The Morgan fingerprint density at radius 2 is 1.67 bits per heavy atom. The molecular formula is C18H23NO2. The van der Waals surface area contributed by atoms with Crippen molar-refractivity contribution in [2.45, 2.75) is 31.9 Å². The molecule has 2 rings (SSSR count). The maximum absolute atomic E-state index is 9.15. The molecule has 0 aliphatic heterocycles. The van der Waals surface area contributed by atoms with Gasteiger partial charge in [-0.1, -0.05) is 42.5 Å². The minimum Gasteiger partial charge on any atom is -0.489 e. The van der Waals surface area contributed by atoms with E-state index >= 15 is 0 Å². The fourth-order valence-corrected chi connectivity index (χ4v) is 2.00. The van der Waals surface area contributed by atoms with Crippen molar-refractivity contribution in [2.24, 2.45) is 5.73 Å². The van der Waals surface area contributed by atoms with E-state index in [0.29, 0.717) is 6.61 Å². The first-order valence-corrected chi connectivity index (χ1v) is 7.24. The number of hydrogen-bond donors (Lipinski definition) is 2. The highest BCUT2D eigenvalue weighted by molar-refractivity contribution is 5.28. The highest BCUT2D eigenvalue weighted by Gasteiger charge is 2.16. The third kappa shape index (κ3) is 5.21. The molecule has 3 N–H and O–H groups in total. The molecule has 0 heterocycles. The molecule has 112 valence electrons. The monoisotopic (exact) mass is 285 g/mol. The second-order valence-electron chi connectivity index (χ2n) is 5.73. The Hall–Kier alpha value is -1.84. The summed E-state index contributed by atoms with van der Waals surface area (Å²) in [4.78, 5) is 0. The number of aliphatic hydroxyl groups excluding tert-OH is 1. The van der Waals surface area contributed by atoms with Crippen LogP contribution in [0.15, 0.2) is 54.6 Å². The molecule has 0 radical (unpaired) electrons. The summed E-state index contributed by atoms with van der Waals surface area (Å²) in [6.07, 6.45) is 1.61. The number of ether oxygens (including phenoxy) is 1. The molecule has 3 heteroatoms. The average molecular weight is 285 g/mol. The third-order valence-electron chi connectivity index (χ3n) is 3.52. The van der Waals surface area contributed by atoms with Gasteiger partial charge in [-0.25, -0.2) is 0 Å². The Bertz CT molecular complexity index is 535. The van der Waals surface area contributed by atoms with Gasteiger partial charge in [-0.05, 0) is 43.0 Å². The van der Waals surface area contributed by atoms with Gasteiger partial charge >= 0.3 is 0 Å². The molecule has 0 aliphatic rings. The number of benzene rings is 2. The number of nitrogens with two attached hydrogens (primary N) is 1. The van der Waals surface area contributed by atoms with Crippen molar-refractivity contribution in [1.29, 1.82) is 0 Å². The van der Waals surface area contributed by atoms with Gasteiger partial charge in [-0.2, -0.15) is 0 Å². The van der Waals surface area contributed by atoms with Crippen LogP contribution in [0.3, 0.4) is 0 Å². The van der Waals surface area contributed by atoms with E-state index < -0.39 is 5.54 Å². The van der Waals surface area contributed by atoms with Gasteiger partial charge in [0.1, 0.15) is 12.4 Å². The topological polar surface area (TPSA) is 55.5 Å². The lowest BCUT2D eigenvalue weighted by atomic mass is 9.95. The Kier molecular flexibility index (Phi) is 5.37. The van der Waals surface area contributed by atoms with E-state index in [1.807, 2.05) is 61.5 Å². The summed E-state index contributed by atoms with van der Waals surface area (Å²) in [6.45, 7) is 2.45. The van der Waals surface area contributed by atoms with Gasteiger partial charge in [-0.15, -0.1) is 0 Å². The van der Waals surface area contributed by atoms with Crippen LogP contribution in [0, 0.1) is 0 Å². The SMILES string of the molecule is C[C@@](N)(CO)CCc1ccc(OCc2ccccc2)cc1. The molecule has 0 saturated heterocycles. The van der Waals surface area contributed by atoms with Gasteiger partial charge < -0.3 is 15.6 Å². The molecule has 0 aliphatic carbocycles. The van der Waals surface area contributed by atoms with Crippen LogP contribution < -0.4 is 10.5 Å². The molecule has 0 fully saturated rings. The van der Waals surface area contributed by atoms with Crippen molar-refractivity contribution in [3.8, 4) is 5.75 Å². The minimum absolute atomic E-state index is 0.00523. The summed E-state index contributed by atoms with van der Waals surface area (Å²) in [5.41, 5.74) is 7.78. The van der Waals surface area contributed by atoms with Crippen LogP contribution in [-0.2, 0) is 13.0 Å². The van der Waals surface area contributed by atoms with Crippen LogP contribution in [0.25, 0.3) is 0 Å². The maximum Gasteiger partial charge on any atom is 0.119 e. The molecule has 0 aromatic heterocycles. The smallest absolute Gasteiger partial charge is 0.119 e. The average Bonchev–Trinajstić information content (AvgIpc) is 2.53. The Morgan fingerprint density at radius 3 is 2.29 bits per heavy atom. The van der Waals surface area contributed by atoms with E-state index in [2.05, 4.69) is 0 Å². The number of hydrogen-bond acceptors (Lipinski definition) is 3. The highest BCUT2D eigenvalue weighted by Crippen LogP contribution is 2.17. The van der Waals surface area contributed by atoms with E-state index in [-0.39, 0.29) is 6.61 Å². The van der Waals surface area contributed by atoms with E-state index in [4.69, 9.17) is 15.6 Å². The molecule has 1 atom stereocenters. The first-order chi connectivity index (χ1) is 10.1. The predicted molar refractivity (Wildman–Crippen MR) is 85.2 cm³/mol. The zero-order chi connectivity index (χ0) is 15.1. The lowest BCUT2D eigenvalue weighted by Gasteiger charge is -2.21. The standard InChI is InChI=1S/C18H23NO2/c1-18(19,14-20)12-11-15-7-9-17(10-8-15)21-13-16-5-3-2-4-6-16/h2-10,20H,11-14,19H2,1H3/t18-/m0/s1. The van der Waals surface area contributed by atoms with Gasteiger partial charge in [0.25, 0.3) is 0 Å². The van der Waals surface area contributed by atoms with Crippen molar-refractivity contribution in [1.82, 2.24) is 0 Å². The lowest BCUT2D eigenvalue weighted by molar-refractivity contribution is 0.200. The number of rotatable bonds is 7. The van der Waals surface area contributed by atoms with Gasteiger partial charge in [0.15, 0.2) is 0 Å². The first-order valence-electron chi connectivity index (χ1n) is 7.24. The van der Waals surface area contributed by atoms with Crippen LogP contribution in [0.1, 0.15) is 24.5 Å². The second kappa shape index (κ2) is 7.25. The van der Waals surface area contributed by atoms with E-state index in [9.17, 15) is 0 Å². The molecule has 2 aromatic rings. The molecule has 0 spiro atoms. The normalized spacial score (nSPS) is 13.7. The molecule has 2 aromatic carbocycles. The summed E-state index contributed by atoms with van der Waals surface area (Å²) >= 11 is 0. The Morgan fingerprint density at radius 1 is 1.00 bits per heavy atom. The quantitative estimate of drug-likeness (QED) is 0.822. The number of aryl methyl sites for hydroxylation is 1. The summed E-state index contributed by atoms with van der Waals surface area (Å²) in [5.74, 6) is 0.861. The summed E-state index contributed by atoms with van der Waals surface area (Å²) in [6, 6.07) is 18.2. The molecular weight excluding hydrogens is 262 g/mol. The fourth-order valence-electron chi connectivity index (χ4n) is 2.00. The van der Waals surface area contributed by atoms with Crippen molar-refractivity contribution in [3.05, 3.63) is 65.7 Å². The molecule has 0 bridgehead atoms. The Balaban J connectivity index is 1.84. The van der Waals surface area contributed by atoms with E-state index in [1.165, 1.54) is 5.56 Å². The first kappa shape index (κ1) is 15.5. The lowest BCUT2D eigenvalue weighted by Crippen LogP contribution is -2.40. The van der Waals surface area contributed by atoms with Crippen molar-refractivity contribution in [2.75, 3.05) is 6.61 Å². The van der Waals surface area contributed by atoms with Crippen molar-refractivity contribution >= 4 is 0 Å². The van der Waals surface area contributed by atoms with Crippen molar-refractivity contribution in [3.63, 3.8) is 0 Å². The zero-order valence-corrected chi connectivity index (χ0v) is 12.5.